The molecule has 2 aromatic carbocycles. The maximum atomic E-state index is 12.5. The number of carbonyl (C=O) groups is 3. The van der Waals surface area contributed by atoms with Gasteiger partial charge < -0.3 is 20.1 Å². The average Bonchev–Trinajstić information content (AvgIpc) is 2.67. The number of hydrogen-bond acceptors (Lipinski definition) is 5. The molecule has 0 radical (unpaired) electrons. The molecule has 0 aromatic heterocycles. The number of amides is 2. The molecule has 2 rings (SSSR count). The summed E-state index contributed by atoms with van der Waals surface area (Å²) >= 11 is 0. The van der Waals surface area contributed by atoms with Crippen LogP contribution in [0.4, 0.5) is 5.69 Å². The molecule has 2 amide bonds. The van der Waals surface area contributed by atoms with E-state index in [1.54, 1.807) is 43.5 Å². The molecule has 27 heavy (non-hydrogen) atoms. The summed E-state index contributed by atoms with van der Waals surface area (Å²) in [7, 11) is 2.83. The van der Waals surface area contributed by atoms with Gasteiger partial charge in [-0.2, -0.15) is 0 Å². The average molecular weight is 370 g/mol. The van der Waals surface area contributed by atoms with Crippen molar-refractivity contribution >= 4 is 23.5 Å². The number of rotatable bonds is 7. The molecule has 0 saturated carbocycles. The highest BCUT2D eigenvalue weighted by molar-refractivity contribution is 5.97. The Morgan fingerprint density at radius 2 is 1.74 bits per heavy atom. The van der Waals surface area contributed by atoms with Gasteiger partial charge in [0.15, 0.2) is 0 Å². The molecular formula is C20H22N2O5. The van der Waals surface area contributed by atoms with Crippen molar-refractivity contribution in [3.63, 3.8) is 0 Å². The molecule has 142 valence electrons. The number of benzene rings is 2. The fourth-order valence-corrected chi connectivity index (χ4v) is 2.52. The van der Waals surface area contributed by atoms with Crippen LogP contribution in [0.15, 0.2) is 48.5 Å². The third kappa shape index (κ3) is 5.85. The first-order valence-corrected chi connectivity index (χ1v) is 8.32. The highest BCUT2D eigenvalue weighted by Crippen LogP contribution is 2.15. The van der Waals surface area contributed by atoms with E-state index in [1.807, 2.05) is 12.1 Å². The summed E-state index contributed by atoms with van der Waals surface area (Å²) in [6, 6.07) is 12.8. The lowest BCUT2D eigenvalue weighted by atomic mass is 10.0. The number of anilines is 1. The molecule has 0 bridgehead atoms. The fourth-order valence-electron chi connectivity index (χ4n) is 2.52. The summed E-state index contributed by atoms with van der Waals surface area (Å²) in [6.45, 7) is 1.40. The van der Waals surface area contributed by atoms with Crippen LogP contribution in [0.3, 0.4) is 0 Å². The van der Waals surface area contributed by atoms with Crippen LogP contribution in [-0.4, -0.2) is 38.0 Å². The van der Waals surface area contributed by atoms with Gasteiger partial charge in [0, 0.05) is 24.6 Å². The van der Waals surface area contributed by atoms with Gasteiger partial charge in [0.2, 0.25) is 5.91 Å². The van der Waals surface area contributed by atoms with E-state index in [9.17, 15) is 14.4 Å². The van der Waals surface area contributed by atoms with Gasteiger partial charge in [-0.3, -0.25) is 9.59 Å². The standard InChI is InChI=1S/C20H22N2O5/c1-13(23)21-16-9-7-15(8-10-16)19(24)22-18(20(25)27-3)12-14-5-4-6-17(11-14)26-2/h4-11,18H,12H2,1-3H3,(H,21,23)(H,22,24)/t18-/m0/s1. The SMILES string of the molecule is COC(=O)[C@H](Cc1cccc(OC)c1)NC(=O)c1ccc(NC(C)=O)cc1. The number of nitrogens with one attached hydrogen (secondary N) is 2. The van der Waals surface area contributed by atoms with Crippen molar-refractivity contribution in [2.45, 2.75) is 19.4 Å². The molecule has 1 atom stereocenters. The predicted octanol–water partition coefficient (Wildman–Crippen LogP) is 2.17. The molecule has 0 fully saturated rings. The first-order valence-electron chi connectivity index (χ1n) is 8.32. The Kier molecular flexibility index (Phi) is 6.93. The first kappa shape index (κ1) is 20.0. The molecule has 0 aliphatic carbocycles. The molecule has 0 unspecified atom stereocenters. The molecule has 0 spiro atoms. The van der Waals surface area contributed by atoms with Crippen LogP contribution in [0, 0.1) is 0 Å². The number of methoxy groups -OCH3 is 2. The third-order valence-corrected chi connectivity index (χ3v) is 3.83. The zero-order valence-electron chi connectivity index (χ0n) is 15.4. The lowest BCUT2D eigenvalue weighted by Gasteiger charge is -2.17. The number of ether oxygens (including phenoxy) is 2. The van der Waals surface area contributed by atoms with Crippen LogP contribution in [0.1, 0.15) is 22.8 Å². The Bertz CT molecular complexity index is 817. The van der Waals surface area contributed by atoms with Gasteiger partial charge in [0.1, 0.15) is 11.8 Å². The van der Waals surface area contributed by atoms with Crippen molar-refractivity contribution in [1.82, 2.24) is 5.32 Å². The molecule has 7 nitrogen and oxygen atoms in total. The zero-order chi connectivity index (χ0) is 19.8. The lowest BCUT2D eigenvalue weighted by molar-refractivity contribution is -0.142. The van der Waals surface area contributed by atoms with Gasteiger partial charge in [0.05, 0.1) is 14.2 Å². The van der Waals surface area contributed by atoms with Gasteiger partial charge in [0.25, 0.3) is 5.91 Å². The predicted molar refractivity (Wildman–Crippen MR) is 101 cm³/mol. The molecular weight excluding hydrogens is 348 g/mol. The van der Waals surface area contributed by atoms with Crippen LogP contribution in [-0.2, 0) is 20.7 Å². The summed E-state index contributed by atoms with van der Waals surface area (Å²) in [6.07, 6.45) is 0.263. The van der Waals surface area contributed by atoms with E-state index in [2.05, 4.69) is 10.6 Å². The summed E-state index contributed by atoms with van der Waals surface area (Å²) in [5.41, 5.74) is 1.77. The highest BCUT2D eigenvalue weighted by atomic mass is 16.5. The van der Waals surface area contributed by atoms with Crippen molar-refractivity contribution < 1.29 is 23.9 Å². The molecule has 7 heteroatoms. The maximum absolute atomic E-state index is 12.5. The topological polar surface area (TPSA) is 93.7 Å². The second kappa shape index (κ2) is 9.38. The van der Waals surface area contributed by atoms with Crippen molar-refractivity contribution in [2.75, 3.05) is 19.5 Å². The second-order valence-electron chi connectivity index (χ2n) is 5.86. The molecule has 0 heterocycles. The minimum Gasteiger partial charge on any atom is -0.497 e. The Morgan fingerprint density at radius 1 is 1.04 bits per heavy atom. The first-order chi connectivity index (χ1) is 12.9. The van der Waals surface area contributed by atoms with E-state index in [-0.39, 0.29) is 12.3 Å². The fraction of sp³-hybridized carbons (Fsp3) is 0.250. The van der Waals surface area contributed by atoms with Crippen molar-refractivity contribution in [3.8, 4) is 5.75 Å². The summed E-state index contributed by atoms with van der Waals surface area (Å²) in [4.78, 5) is 35.6. The molecule has 2 aromatic rings. The van der Waals surface area contributed by atoms with E-state index in [0.717, 1.165) is 5.56 Å². The quantitative estimate of drug-likeness (QED) is 0.729. The van der Waals surface area contributed by atoms with E-state index in [4.69, 9.17) is 9.47 Å². The molecule has 0 saturated heterocycles. The van der Waals surface area contributed by atoms with Crippen LogP contribution >= 0.6 is 0 Å². The van der Waals surface area contributed by atoms with Gasteiger partial charge in [-0.15, -0.1) is 0 Å². The van der Waals surface area contributed by atoms with Crippen molar-refractivity contribution in [2.24, 2.45) is 0 Å². The molecule has 0 aliphatic heterocycles. The number of esters is 1. The molecule has 0 aliphatic rings. The maximum Gasteiger partial charge on any atom is 0.328 e. The van der Waals surface area contributed by atoms with Gasteiger partial charge in [-0.05, 0) is 42.0 Å². The van der Waals surface area contributed by atoms with Gasteiger partial charge in [-0.1, -0.05) is 12.1 Å². The summed E-state index contributed by atoms with van der Waals surface area (Å²) < 4.78 is 9.99. The Balaban J connectivity index is 2.11. The molecule has 2 N–H and O–H groups in total. The van der Waals surface area contributed by atoms with Crippen LogP contribution in [0.25, 0.3) is 0 Å². The van der Waals surface area contributed by atoms with Crippen molar-refractivity contribution in [1.29, 1.82) is 0 Å². The van der Waals surface area contributed by atoms with Crippen LogP contribution in [0.5, 0.6) is 5.75 Å². The smallest absolute Gasteiger partial charge is 0.328 e. The van der Waals surface area contributed by atoms with Crippen LogP contribution in [0.2, 0.25) is 0 Å². The number of carbonyl (C=O) groups excluding carboxylic acids is 3. The minimum absolute atomic E-state index is 0.198. The van der Waals surface area contributed by atoms with E-state index in [1.165, 1.54) is 14.0 Å². The monoisotopic (exact) mass is 370 g/mol. The number of hydrogen-bond donors (Lipinski definition) is 2. The highest BCUT2D eigenvalue weighted by Gasteiger charge is 2.23. The zero-order valence-corrected chi connectivity index (χ0v) is 15.4. The minimum atomic E-state index is -0.843. The Morgan fingerprint density at radius 3 is 2.33 bits per heavy atom. The van der Waals surface area contributed by atoms with E-state index < -0.39 is 17.9 Å². The van der Waals surface area contributed by atoms with Crippen LogP contribution < -0.4 is 15.4 Å². The normalized spacial score (nSPS) is 11.2. The largest absolute Gasteiger partial charge is 0.497 e. The summed E-state index contributed by atoms with van der Waals surface area (Å²) in [5, 5.41) is 5.31. The summed E-state index contributed by atoms with van der Waals surface area (Å²) in [5.74, 6) is -0.490. The lowest BCUT2D eigenvalue weighted by Crippen LogP contribution is -2.43. The van der Waals surface area contributed by atoms with E-state index >= 15 is 0 Å². The Labute approximate surface area is 157 Å². The van der Waals surface area contributed by atoms with Crippen molar-refractivity contribution in [3.05, 3.63) is 59.7 Å². The van der Waals surface area contributed by atoms with Gasteiger partial charge >= 0.3 is 5.97 Å². The van der Waals surface area contributed by atoms with Gasteiger partial charge in [-0.25, -0.2) is 4.79 Å². The third-order valence-electron chi connectivity index (χ3n) is 3.83. The van der Waals surface area contributed by atoms with E-state index in [0.29, 0.717) is 17.0 Å². The second-order valence-corrected chi connectivity index (χ2v) is 5.86. The Hall–Kier alpha value is -3.35.